The molecule has 1 aromatic heterocycles. The number of allylic oxidation sites excluding steroid dienone is 4. The Morgan fingerprint density at radius 2 is 1.83 bits per heavy atom. The van der Waals surface area contributed by atoms with Crippen molar-refractivity contribution in [2.75, 3.05) is 14.2 Å². The zero-order valence-corrected chi connectivity index (χ0v) is 18.2. The molecule has 0 radical (unpaired) electrons. The van der Waals surface area contributed by atoms with Gasteiger partial charge in [-0.2, -0.15) is 4.98 Å². The molecule has 6 heteroatoms. The van der Waals surface area contributed by atoms with E-state index in [0.29, 0.717) is 29.4 Å². The van der Waals surface area contributed by atoms with Crippen molar-refractivity contribution in [1.82, 2.24) is 9.55 Å². The third-order valence-corrected chi connectivity index (χ3v) is 5.03. The molecule has 0 saturated heterocycles. The van der Waals surface area contributed by atoms with Crippen molar-refractivity contribution >= 4 is 0 Å². The van der Waals surface area contributed by atoms with Gasteiger partial charge in [0.1, 0.15) is 23.0 Å². The predicted molar refractivity (Wildman–Crippen MR) is 120 cm³/mol. The lowest BCUT2D eigenvalue weighted by Gasteiger charge is -2.19. The molecule has 0 bridgehead atoms. The van der Waals surface area contributed by atoms with Crippen molar-refractivity contribution in [3.05, 3.63) is 76.4 Å². The van der Waals surface area contributed by atoms with Crippen LogP contribution in [0.3, 0.4) is 0 Å². The van der Waals surface area contributed by atoms with E-state index in [1.807, 2.05) is 6.92 Å². The standard InChI is InChI=1S/C24H30N2O4/c1-7-10-14-21-25-23(27)18(15-17(9-3)16(4)8-2)24(28)26(21)22-19(29-5)12-11-13-20(22)30-6/h8-9,11-13,27H,2-3,7,10,14-15H2,1,4-6H3/b17-16+. The molecule has 0 atom stereocenters. The fraction of sp³-hybridized carbons (Fsp3) is 0.333. The van der Waals surface area contributed by atoms with Crippen LogP contribution in [0, 0.1) is 0 Å². The van der Waals surface area contributed by atoms with Crippen LogP contribution >= 0.6 is 0 Å². The molecule has 0 saturated carbocycles. The third-order valence-electron chi connectivity index (χ3n) is 5.03. The summed E-state index contributed by atoms with van der Waals surface area (Å²) in [5, 5.41) is 10.6. The Morgan fingerprint density at radius 1 is 1.20 bits per heavy atom. The van der Waals surface area contributed by atoms with Gasteiger partial charge in [-0.15, -0.1) is 0 Å². The minimum atomic E-state index is -0.368. The first kappa shape index (κ1) is 23.0. The minimum Gasteiger partial charge on any atom is -0.494 e. The minimum absolute atomic E-state index is 0.180. The Morgan fingerprint density at radius 3 is 2.33 bits per heavy atom. The molecule has 0 unspecified atom stereocenters. The Kier molecular flexibility index (Phi) is 8.04. The highest BCUT2D eigenvalue weighted by atomic mass is 16.5. The van der Waals surface area contributed by atoms with Gasteiger partial charge in [0.15, 0.2) is 0 Å². The topological polar surface area (TPSA) is 73.6 Å². The molecule has 2 rings (SSSR count). The van der Waals surface area contributed by atoms with Crippen molar-refractivity contribution in [3.63, 3.8) is 0 Å². The summed E-state index contributed by atoms with van der Waals surface area (Å²) < 4.78 is 12.5. The SMILES string of the molecule is C=C/C(C)=C(\C=C)Cc1c(O)nc(CCCC)n(-c2c(OC)cccc2OC)c1=O. The van der Waals surface area contributed by atoms with Gasteiger partial charge in [-0.1, -0.05) is 44.7 Å². The van der Waals surface area contributed by atoms with Gasteiger partial charge in [0.05, 0.1) is 19.8 Å². The normalized spacial score (nSPS) is 11.6. The van der Waals surface area contributed by atoms with Crippen LogP contribution in [0.2, 0.25) is 0 Å². The van der Waals surface area contributed by atoms with Crippen LogP contribution in [0.5, 0.6) is 17.4 Å². The van der Waals surface area contributed by atoms with Crippen molar-refractivity contribution in [3.8, 4) is 23.1 Å². The maximum Gasteiger partial charge on any atom is 0.265 e. The highest BCUT2D eigenvalue weighted by Crippen LogP contribution is 2.33. The van der Waals surface area contributed by atoms with Crippen LogP contribution in [0.4, 0.5) is 0 Å². The van der Waals surface area contributed by atoms with Gasteiger partial charge in [0.25, 0.3) is 5.56 Å². The monoisotopic (exact) mass is 410 g/mol. The summed E-state index contributed by atoms with van der Waals surface area (Å²) in [5.74, 6) is 1.15. The first-order valence-electron chi connectivity index (χ1n) is 9.93. The van der Waals surface area contributed by atoms with E-state index in [-0.39, 0.29) is 23.4 Å². The average molecular weight is 411 g/mol. The molecular formula is C24H30N2O4. The predicted octanol–water partition coefficient (Wildman–Crippen LogP) is 4.53. The first-order valence-corrected chi connectivity index (χ1v) is 9.93. The molecular weight excluding hydrogens is 380 g/mol. The summed E-state index contributed by atoms with van der Waals surface area (Å²) in [6.45, 7) is 11.5. The van der Waals surface area contributed by atoms with E-state index in [0.717, 1.165) is 24.0 Å². The van der Waals surface area contributed by atoms with E-state index in [9.17, 15) is 9.90 Å². The van der Waals surface area contributed by atoms with E-state index in [1.54, 1.807) is 30.4 Å². The molecule has 0 amide bonds. The number of benzene rings is 1. The summed E-state index contributed by atoms with van der Waals surface area (Å²) in [7, 11) is 3.07. The smallest absolute Gasteiger partial charge is 0.265 e. The maximum absolute atomic E-state index is 13.6. The number of aryl methyl sites for hydroxylation is 1. The van der Waals surface area contributed by atoms with E-state index in [2.05, 4.69) is 25.1 Å². The fourth-order valence-electron chi connectivity index (χ4n) is 3.22. The molecule has 6 nitrogen and oxygen atoms in total. The summed E-state index contributed by atoms with van der Waals surface area (Å²) >= 11 is 0. The quantitative estimate of drug-likeness (QED) is 0.583. The Bertz CT molecular complexity index is 996. The largest absolute Gasteiger partial charge is 0.494 e. The van der Waals surface area contributed by atoms with Gasteiger partial charge < -0.3 is 14.6 Å². The number of methoxy groups -OCH3 is 2. The summed E-state index contributed by atoms with van der Waals surface area (Å²) in [4.78, 5) is 18.0. The second kappa shape index (κ2) is 10.5. The number of aromatic hydroxyl groups is 1. The Labute approximate surface area is 177 Å². The van der Waals surface area contributed by atoms with Crippen LogP contribution in [-0.2, 0) is 12.8 Å². The lowest BCUT2D eigenvalue weighted by atomic mass is 10.0. The summed E-state index contributed by atoms with van der Waals surface area (Å²) in [5.41, 5.74) is 1.95. The zero-order chi connectivity index (χ0) is 22.3. The molecule has 1 aromatic carbocycles. The van der Waals surface area contributed by atoms with Gasteiger partial charge >= 0.3 is 0 Å². The Hall–Kier alpha value is -3.28. The summed E-state index contributed by atoms with van der Waals surface area (Å²) in [6, 6.07) is 5.31. The number of unbranched alkanes of at least 4 members (excludes halogenated alkanes) is 1. The second-order valence-electron chi connectivity index (χ2n) is 6.88. The summed E-state index contributed by atoms with van der Waals surface area (Å²) in [6.07, 6.45) is 5.80. The molecule has 160 valence electrons. The molecule has 2 aromatic rings. The average Bonchev–Trinajstić information content (AvgIpc) is 2.76. The lowest BCUT2D eigenvalue weighted by molar-refractivity contribution is 0.387. The highest BCUT2D eigenvalue weighted by molar-refractivity contribution is 5.58. The van der Waals surface area contributed by atoms with E-state index < -0.39 is 0 Å². The molecule has 0 aliphatic carbocycles. The number of hydrogen-bond donors (Lipinski definition) is 1. The van der Waals surface area contributed by atoms with Gasteiger partial charge in [-0.25, -0.2) is 0 Å². The zero-order valence-electron chi connectivity index (χ0n) is 18.2. The molecule has 1 heterocycles. The second-order valence-corrected chi connectivity index (χ2v) is 6.88. The number of aromatic nitrogens is 2. The molecule has 30 heavy (non-hydrogen) atoms. The van der Waals surface area contributed by atoms with E-state index in [4.69, 9.17) is 9.47 Å². The van der Waals surface area contributed by atoms with Crippen LogP contribution in [-0.4, -0.2) is 28.9 Å². The van der Waals surface area contributed by atoms with Crippen molar-refractivity contribution < 1.29 is 14.6 Å². The number of rotatable bonds is 10. The molecule has 0 aliphatic heterocycles. The van der Waals surface area contributed by atoms with Crippen LogP contribution < -0.4 is 15.0 Å². The molecule has 0 aliphatic rings. The van der Waals surface area contributed by atoms with Crippen LogP contribution in [0.1, 0.15) is 38.1 Å². The van der Waals surface area contributed by atoms with Gasteiger partial charge in [-0.05, 0) is 36.6 Å². The fourth-order valence-corrected chi connectivity index (χ4v) is 3.22. The van der Waals surface area contributed by atoms with Crippen molar-refractivity contribution in [1.29, 1.82) is 0 Å². The number of hydrogen-bond acceptors (Lipinski definition) is 5. The van der Waals surface area contributed by atoms with Gasteiger partial charge in [0, 0.05) is 12.8 Å². The highest BCUT2D eigenvalue weighted by Gasteiger charge is 2.23. The first-order chi connectivity index (χ1) is 14.4. The lowest BCUT2D eigenvalue weighted by Crippen LogP contribution is -2.28. The maximum atomic E-state index is 13.6. The molecule has 0 spiro atoms. The number of nitrogens with zero attached hydrogens (tertiary/aromatic N) is 2. The number of para-hydroxylation sites is 1. The number of ether oxygens (including phenoxy) is 2. The van der Waals surface area contributed by atoms with Crippen LogP contribution in [0.15, 0.2) is 59.4 Å². The van der Waals surface area contributed by atoms with E-state index in [1.165, 1.54) is 18.8 Å². The molecule has 1 N–H and O–H groups in total. The van der Waals surface area contributed by atoms with Crippen LogP contribution in [0.25, 0.3) is 5.69 Å². The molecule has 0 fully saturated rings. The van der Waals surface area contributed by atoms with Gasteiger partial charge in [-0.3, -0.25) is 9.36 Å². The third kappa shape index (κ3) is 4.64. The van der Waals surface area contributed by atoms with Crippen molar-refractivity contribution in [2.24, 2.45) is 0 Å². The van der Waals surface area contributed by atoms with E-state index >= 15 is 0 Å². The van der Waals surface area contributed by atoms with Crippen molar-refractivity contribution in [2.45, 2.75) is 39.5 Å². The Balaban J connectivity index is 2.86. The van der Waals surface area contributed by atoms with Gasteiger partial charge in [0.2, 0.25) is 5.88 Å².